The number of nitrogens with zero attached hydrogens (tertiary/aromatic N) is 6. The molecule has 4 aromatic rings. The van der Waals surface area contributed by atoms with Crippen molar-refractivity contribution in [2.75, 3.05) is 68.0 Å². The Kier molecular flexibility index (Phi) is 13.2. The van der Waals surface area contributed by atoms with Gasteiger partial charge in [0.2, 0.25) is 17.8 Å². The number of carbonyl (C=O) groups is 4. The number of hydrogen-bond acceptors (Lipinski definition) is 13. The lowest BCUT2D eigenvalue weighted by Crippen LogP contribution is -2.60. The molecule has 7 heterocycles. The summed E-state index contributed by atoms with van der Waals surface area (Å²) in [6.07, 6.45) is 11.1. The fourth-order valence-corrected chi connectivity index (χ4v) is 10.1. The number of likely N-dealkylation sites (N-methyl/N-ethyl adjacent to an activating group) is 1. The van der Waals surface area contributed by atoms with Gasteiger partial charge in [-0.15, -0.1) is 0 Å². The number of ether oxygens (including phenoxy) is 2. The maximum atomic E-state index is 13.1. The summed E-state index contributed by atoms with van der Waals surface area (Å²) in [6, 6.07) is 12.7. The van der Waals surface area contributed by atoms with E-state index < -0.39 is 6.04 Å². The molecule has 1 aliphatic carbocycles. The van der Waals surface area contributed by atoms with Crippen molar-refractivity contribution in [2.45, 2.75) is 102 Å². The van der Waals surface area contributed by atoms with Crippen molar-refractivity contribution in [3.63, 3.8) is 0 Å². The summed E-state index contributed by atoms with van der Waals surface area (Å²) < 4.78 is 13.4. The van der Waals surface area contributed by atoms with E-state index in [9.17, 15) is 24.0 Å². The van der Waals surface area contributed by atoms with Crippen molar-refractivity contribution in [3.8, 4) is 5.75 Å². The van der Waals surface area contributed by atoms with Gasteiger partial charge in [-0.2, -0.15) is 4.98 Å². The SMILES string of the molecule is CNC(=O)COc1cc2cc(Nc3nc(N4CCC(OC5CCC5)CC4)ncc3Cl)ccc2n(C(C)C)c1=O.O=C1CCC(N2Cc3cc(N4CC5(CCNCC5)C4)ccc3C2=O)C(=O)N1. The molecule has 10 rings (SSSR count). The number of imide groups is 1. The number of rotatable bonds is 11. The monoisotopic (exact) mass is 922 g/mol. The summed E-state index contributed by atoms with van der Waals surface area (Å²) in [4.78, 5) is 76.4. The third-order valence-corrected chi connectivity index (χ3v) is 14.2. The van der Waals surface area contributed by atoms with Gasteiger partial charge in [0.25, 0.3) is 17.4 Å². The summed E-state index contributed by atoms with van der Waals surface area (Å²) in [6.45, 7) is 10.1. The second-order valence-electron chi connectivity index (χ2n) is 18.7. The van der Waals surface area contributed by atoms with E-state index in [0.29, 0.717) is 52.9 Å². The van der Waals surface area contributed by atoms with Crippen molar-refractivity contribution in [3.05, 3.63) is 75.2 Å². The third kappa shape index (κ3) is 9.56. The lowest BCUT2D eigenvalue weighted by Gasteiger charge is -2.53. The van der Waals surface area contributed by atoms with Crippen LogP contribution in [0.2, 0.25) is 5.02 Å². The Balaban J connectivity index is 0.000000177. The van der Waals surface area contributed by atoms with Crippen molar-refractivity contribution < 1.29 is 28.7 Å². The van der Waals surface area contributed by atoms with Crippen LogP contribution < -0.4 is 41.4 Å². The number of amides is 4. The smallest absolute Gasteiger partial charge is 0.293 e. The molecule has 4 saturated heterocycles. The average molecular weight is 924 g/mol. The summed E-state index contributed by atoms with van der Waals surface area (Å²) in [5, 5.41) is 12.8. The summed E-state index contributed by atoms with van der Waals surface area (Å²) in [5.74, 6) is 0.208. The first-order valence-electron chi connectivity index (χ1n) is 23.3. The molecule has 4 amide bonds. The predicted octanol–water partition coefficient (Wildman–Crippen LogP) is 5.07. The van der Waals surface area contributed by atoms with E-state index in [4.69, 9.17) is 26.1 Å². The van der Waals surface area contributed by atoms with E-state index in [1.165, 1.54) is 39.2 Å². The lowest BCUT2D eigenvalue weighted by molar-refractivity contribution is -0.137. The van der Waals surface area contributed by atoms with Gasteiger partial charge < -0.3 is 44.7 Å². The maximum absolute atomic E-state index is 13.1. The molecule has 66 heavy (non-hydrogen) atoms. The molecule has 4 N–H and O–H groups in total. The van der Waals surface area contributed by atoms with Crippen LogP contribution in [0.25, 0.3) is 10.9 Å². The summed E-state index contributed by atoms with van der Waals surface area (Å²) in [5.41, 5.74) is 4.50. The van der Waals surface area contributed by atoms with Crippen LogP contribution in [-0.4, -0.2) is 114 Å². The molecule has 350 valence electrons. The summed E-state index contributed by atoms with van der Waals surface area (Å²) in [7, 11) is 1.52. The lowest BCUT2D eigenvalue weighted by atomic mass is 9.72. The van der Waals surface area contributed by atoms with E-state index in [1.54, 1.807) is 21.7 Å². The molecule has 5 aliphatic heterocycles. The van der Waals surface area contributed by atoms with E-state index in [2.05, 4.69) is 42.1 Å². The number of piperidine rings is 3. The number of hydrogen-bond donors (Lipinski definition) is 4. The molecule has 18 heteroatoms. The number of anilines is 4. The molecule has 5 fully saturated rings. The molecule has 0 bridgehead atoms. The number of benzene rings is 2. The van der Waals surface area contributed by atoms with Crippen molar-refractivity contribution >= 4 is 69.3 Å². The molecule has 1 spiro atoms. The van der Waals surface area contributed by atoms with E-state index in [-0.39, 0.29) is 54.0 Å². The Bertz CT molecular complexity index is 2560. The Hall–Kier alpha value is -5.78. The molecule has 17 nitrogen and oxygen atoms in total. The molecule has 2 aromatic carbocycles. The highest BCUT2D eigenvalue weighted by atomic mass is 35.5. The van der Waals surface area contributed by atoms with Gasteiger partial charge in [-0.25, -0.2) is 4.98 Å². The van der Waals surface area contributed by atoms with Crippen LogP contribution >= 0.6 is 11.6 Å². The molecule has 0 radical (unpaired) electrons. The number of fused-ring (bicyclic) bond motifs is 2. The Morgan fingerprint density at radius 1 is 0.955 bits per heavy atom. The van der Waals surface area contributed by atoms with Crippen LogP contribution in [-0.2, 0) is 25.7 Å². The maximum Gasteiger partial charge on any atom is 0.293 e. The largest absolute Gasteiger partial charge is 0.478 e. The molecule has 1 saturated carbocycles. The molecular formula is C48H59ClN10O7. The van der Waals surface area contributed by atoms with Gasteiger partial charge in [-0.05, 0) is 126 Å². The Morgan fingerprint density at radius 3 is 2.41 bits per heavy atom. The number of nitrogens with one attached hydrogen (secondary N) is 4. The molecule has 1 unspecified atom stereocenters. The quantitative estimate of drug-likeness (QED) is 0.146. The molecule has 2 aromatic heterocycles. The minimum absolute atomic E-state index is 0.107. The van der Waals surface area contributed by atoms with E-state index >= 15 is 0 Å². The number of halogens is 1. The van der Waals surface area contributed by atoms with Crippen LogP contribution in [0.1, 0.15) is 93.6 Å². The zero-order chi connectivity index (χ0) is 46.1. The molecule has 1 atom stereocenters. The van der Waals surface area contributed by atoms with Gasteiger partial charge >= 0.3 is 0 Å². The first kappa shape index (κ1) is 45.4. The number of carbonyl (C=O) groups excluding carboxylic acids is 4. The normalized spacial score (nSPS) is 20.7. The summed E-state index contributed by atoms with van der Waals surface area (Å²) >= 11 is 6.47. The minimum atomic E-state index is -0.548. The highest BCUT2D eigenvalue weighted by Crippen LogP contribution is 2.42. The van der Waals surface area contributed by atoms with Crippen LogP contribution in [0.3, 0.4) is 0 Å². The zero-order valence-corrected chi connectivity index (χ0v) is 38.6. The zero-order valence-electron chi connectivity index (χ0n) is 37.9. The van der Waals surface area contributed by atoms with Gasteiger partial charge in [0.1, 0.15) is 11.1 Å². The first-order chi connectivity index (χ1) is 31.9. The topological polar surface area (TPSA) is 192 Å². The highest BCUT2D eigenvalue weighted by molar-refractivity contribution is 6.33. The fourth-order valence-electron chi connectivity index (χ4n) is 9.91. The Labute approximate surface area is 388 Å². The Morgan fingerprint density at radius 2 is 1.71 bits per heavy atom. The van der Waals surface area contributed by atoms with Crippen molar-refractivity contribution in [1.82, 2.24) is 35.4 Å². The van der Waals surface area contributed by atoms with Gasteiger partial charge in [-0.1, -0.05) is 11.6 Å². The average Bonchev–Trinajstić information content (AvgIpc) is 3.61. The van der Waals surface area contributed by atoms with Gasteiger partial charge in [0.15, 0.2) is 18.2 Å². The van der Waals surface area contributed by atoms with Gasteiger partial charge in [0, 0.05) is 80.0 Å². The highest BCUT2D eigenvalue weighted by Gasteiger charge is 2.44. The van der Waals surface area contributed by atoms with Gasteiger partial charge in [-0.3, -0.25) is 29.3 Å². The van der Waals surface area contributed by atoms with Crippen LogP contribution in [0.5, 0.6) is 5.75 Å². The standard InChI is InChI=1S/C28H35ClN6O4.C20H24N4O3/c1-17(2)35-23-8-7-19(13-18(23)14-24(27(35)37)38-16-25(36)30-3)32-26-22(29)15-31-28(33-26)34-11-9-21(10-12-34)39-20-5-4-6-20;25-17-4-3-16(18(26)22-17)24-10-13-9-14(1-2-15(13)19(24)27)23-11-20(12-23)5-7-21-8-6-20/h7-8,13-15,17,20-21H,4-6,9-12,16H2,1-3H3,(H,30,36)(H,31,32,33);1-2,9,16,21H,3-8,10-12H2,(H,22,25,26). The number of aromatic nitrogens is 3. The van der Waals surface area contributed by atoms with Crippen LogP contribution in [0, 0.1) is 5.41 Å². The fraction of sp³-hybridized carbons (Fsp3) is 0.521. The number of pyridine rings is 1. The third-order valence-electron chi connectivity index (χ3n) is 13.9. The molecule has 6 aliphatic rings. The van der Waals surface area contributed by atoms with Gasteiger partial charge in [0.05, 0.1) is 23.9 Å². The van der Waals surface area contributed by atoms with Crippen molar-refractivity contribution in [2.24, 2.45) is 5.41 Å². The second-order valence-corrected chi connectivity index (χ2v) is 19.1. The van der Waals surface area contributed by atoms with E-state index in [0.717, 1.165) is 80.0 Å². The second kappa shape index (κ2) is 19.2. The van der Waals surface area contributed by atoms with Crippen LogP contribution in [0.4, 0.5) is 23.1 Å². The van der Waals surface area contributed by atoms with Crippen LogP contribution in [0.15, 0.2) is 53.5 Å². The van der Waals surface area contributed by atoms with E-state index in [1.807, 2.05) is 44.2 Å². The predicted molar refractivity (Wildman–Crippen MR) is 252 cm³/mol. The minimum Gasteiger partial charge on any atom is -0.478 e. The molecular weight excluding hydrogens is 864 g/mol. The van der Waals surface area contributed by atoms with Crippen molar-refractivity contribution in [1.29, 1.82) is 0 Å². The first-order valence-corrected chi connectivity index (χ1v) is 23.7.